The van der Waals surface area contributed by atoms with Crippen molar-refractivity contribution < 1.29 is 22.9 Å². The summed E-state index contributed by atoms with van der Waals surface area (Å²) in [5, 5.41) is 13.5. The Kier molecular flexibility index (Phi) is 7.06. The molecule has 0 atom stereocenters. The van der Waals surface area contributed by atoms with Crippen molar-refractivity contribution >= 4 is 33.0 Å². The first kappa shape index (κ1) is 22.8. The van der Waals surface area contributed by atoms with E-state index in [0.717, 1.165) is 4.31 Å². The van der Waals surface area contributed by atoms with Gasteiger partial charge in [0, 0.05) is 17.8 Å². The van der Waals surface area contributed by atoms with Gasteiger partial charge in [-0.1, -0.05) is 36.4 Å². The second-order valence-corrected chi connectivity index (χ2v) is 8.44. The van der Waals surface area contributed by atoms with E-state index in [1.807, 2.05) is 0 Å². The quantitative estimate of drug-likeness (QED) is 0.387. The van der Waals surface area contributed by atoms with Crippen molar-refractivity contribution in [1.82, 2.24) is 0 Å². The van der Waals surface area contributed by atoms with Gasteiger partial charge in [-0.15, -0.1) is 0 Å². The number of amides is 1. The van der Waals surface area contributed by atoms with E-state index in [9.17, 15) is 23.3 Å². The molecule has 0 saturated carbocycles. The van der Waals surface area contributed by atoms with Gasteiger partial charge < -0.3 is 10.1 Å². The molecule has 0 fully saturated rings. The molecule has 9 nitrogen and oxygen atoms in total. The molecule has 0 aliphatic rings. The van der Waals surface area contributed by atoms with E-state index in [1.54, 1.807) is 49.4 Å². The lowest BCUT2D eigenvalue weighted by Crippen LogP contribution is -2.38. The van der Waals surface area contributed by atoms with Gasteiger partial charge in [-0.3, -0.25) is 19.2 Å². The van der Waals surface area contributed by atoms with Crippen molar-refractivity contribution in [2.24, 2.45) is 0 Å². The van der Waals surface area contributed by atoms with Gasteiger partial charge in [0.1, 0.15) is 12.3 Å². The summed E-state index contributed by atoms with van der Waals surface area (Å²) in [5.74, 6) is -0.367. The van der Waals surface area contributed by atoms with E-state index in [-0.39, 0.29) is 22.0 Å². The zero-order valence-electron chi connectivity index (χ0n) is 17.2. The van der Waals surface area contributed by atoms with Crippen molar-refractivity contribution in [1.29, 1.82) is 0 Å². The summed E-state index contributed by atoms with van der Waals surface area (Å²) in [5.41, 5.74) is 0.185. The van der Waals surface area contributed by atoms with Crippen LogP contribution < -0.4 is 14.4 Å². The SMILES string of the molecule is CCOc1ccccc1N(CC(=O)Nc1cccc([N+](=O)[O-])c1)S(=O)(=O)c1ccccc1. The van der Waals surface area contributed by atoms with Crippen LogP contribution in [0.2, 0.25) is 0 Å². The Morgan fingerprint density at radius 1 is 1.03 bits per heavy atom. The molecule has 1 amide bonds. The number of nitrogens with one attached hydrogen (secondary N) is 1. The topological polar surface area (TPSA) is 119 Å². The molecule has 0 aliphatic heterocycles. The molecule has 0 spiro atoms. The average Bonchev–Trinajstić information content (AvgIpc) is 2.79. The fourth-order valence-corrected chi connectivity index (χ4v) is 4.44. The molecule has 10 heteroatoms. The van der Waals surface area contributed by atoms with Crippen LogP contribution in [0.4, 0.5) is 17.1 Å². The molecule has 0 heterocycles. The second kappa shape index (κ2) is 9.92. The van der Waals surface area contributed by atoms with Gasteiger partial charge in [0.25, 0.3) is 15.7 Å². The summed E-state index contributed by atoms with van der Waals surface area (Å²) in [4.78, 5) is 23.2. The first-order valence-corrected chi connectivity index (χ1v) is 11.1. The van der Waals surface area contributed by atoms with E-state index >= 15 is 0 Å². The zero-order chi connectivity index (χ0) is 23.1. The molecule has 3 aromatic rings. The Bertz CT molecular complexity index is 1220. The van der Waals surface area contributed by atoms with Crippen LogP contribution in [0, 0.1) is 10.1 Å². The number of para-hydroxylation sites is 2. The van der Waals surface area contributed by atoms with Gasteiger partial charge in [-0.05, 0) is 37.3 Å². The van der Waals surface area contributed by atoms with Crippen molar-refractivity contribution in [3.8, 4) is 5.75 Å². The number of ether oxygens (including phenoxy) is 1. The number of carbonyl (C=O) groups is 1. The van der Waals surface area contributed by atoms with E-state index < -0.39 is 27.4 Å². The number of anilines is 2. The maximum absolute atomic E-state index is 13.4. The number of carbonyl (C=O) groups excluding carboxylic acids is 1. The number of benzene rings is 3. The molecule has 0 radical (unpaired) electrons. The number of nitrogens with zero attached hydrogens (tertiary/aromatic N) is 2. The highest BCUT2D eigenvalue weighted by Gasteiger charge is 2.29. The maximum atomic E-state index is 13.4. The predicted molar refractivity (Wildman–Crippen MR) is 120 cm³/mol. The minimum atomic E-state index is -4.12. The Morgan fingerprint density at radius 2 is 1.72 bits per heavy atom. The lowest BCUT2D eigenvalue weighted by Gasteiger charge is -2.26. The van der Waals surface area contributed by atoms with Crippen LogP contribution in [0.1, 0.15) is 6.92 Å². The molecular formula is C22H21N3O6S. The van der Waals surface area contributed by atoms with E-state index in [2.05, 4.69) is 5.32 Å². The molecule has 0 aliphatic carbocycles. The van der Waals surface area contributed by atoms with Crippen LogP contribution in [-0.2, 0) is 14.8 Å². The fourth-order valence-electron chi connectivity index (χ4n) is 2.99. The van der Waals surface area contributed by atoms with Crippen LogP contribution in [-0.4, -0.2) is 32.4 Å². The van der Waals surface area contributed by atoms with Crippen LogP contribution in [0.25, 0.3) is 0 Å². The van der Waals surface area contributed by atoms with Gasteiger partial charge in [0.2, 0.25) is 5.91 Å². The molecule has 32 heavy (non-hydrogen) atoms. The number of nitro benzene ring substituents is 1. The van der Waals surface area contributed by atoms with Crippen molar-refractivity contribution in [2.75, 3.05) is 22.8 Å². The largest absolute Gasteiger partial charge is 0.492 e. The first-order chi connectivity index (χ1) is 15.3. The summed E-state index contributed by atoms with van der Waals surface area (Å²) in [6.07, 6.45) is 0. The molecule has 1 N–H and O–H groups in total. The molecule has 0 bridgehead atoms. The average molecular weight is 455 g/mol. The molecule has 3 aromatic carbocycles. The van der Waals surface area contributed by atoms with Gasteiger partial charge in [0.05, 0.1) is 22.1 Å². The lowest BCUT2D eigenvalue weighted by atomic mass is 10.2. The van der Waals surface area contributed by atoms with Crippen molar-refractivity contribution in [3.05, 3.63) is 89.0 Å². The Balaban J connectivity index is 1.97. The molecule has 0 unspecified atom stereocenters. The second-order valence-electron chi connectivity index (χ2n) is 6.58. The molecule has 0 aromatic heterocycles. The Hall–Kier alpha value is -3.92. The minimum absolute atomic E-state index is 0.00875. The van der Waals surface area contributed by atoms with Gasteiger partial charge in [0.15, 0.2) is 0 Å². The highest BCUT2D eigenvalue weighted by Crippen LogP contribution is 2.32. The fraction of sp³-hybridized carbons (Fsp3) is 0.136. The third-order valence-corrected chi connectivity index (χ3v) is 6.17. The highest BCUT2D eigenvalue weighted by atomic mass is 32.2. The smallest absolute Gasteiger partial charge is 0.271 e. The highest BCUT2D eigenvalue weighted by molar-refractivity contribution is 7.92. The first-order valence-electron chi connectivity index (χ1n) is 9.67. The molecule has 0 saturated heterocycles. The maximum Gasteiger partial charge on any atom is 0.271 e. The number of hydrogen-bond acceptors (Lipinski definition) is 6. The Morgan fingerprint density at radius 3 is 2.41 bits per heavy atom. The van der Waals surface area contributed by atoms with Gasteiger partial charge in [-0.25, -0.2) is 8.42 Å². The van der Waals surface area contributed by atoms with Crippen LogP contribution >= 0.6 is 0 Å². The lowest BCUT2D eigenvalue weighted by molar-refractivity contribution is -0.384. The van der Waals surface area contributed by atoms with E-state index in [1.165, 1.54) is 36.4 Å². The van der Waals surface area contributed by atoms with Gasteiger partial charge >= 0.3 is 0 Å². The van der Waals surface area contributed by atoms with Crippen LogP contribution in [0.15, 0.2) is 83.8 Å². The Labute approximate surface area is 185 Å². The van der Waals surface area contributed by atoms with Gasteiger partial charge in [-0.2, -0.15) is 0 Å². The number of rotatable bonds is 9. The molecule has 3 rings (SSSR count). The normalized spacial score (nSPS) is 10.9. The summed E-state index contributed by atoms with van der Waals surface area (Å²) in [6, 6.07) is 19.6. The number of hydrogen-bond donors (Lipinski definition) is 1. The minimum Gasteiger partial charge on any atom is -0.492 e. The third kappa shape index (κ3) is 5.22. The monoisotopic (exact) mass is 455 g/mol. The zero-order valence-corrected chi connectivity index (χ0v) is 18.0. The van der Waals surface area contributed by atoms with E-state index in [4.69, 9.17) is 4.74 Å². The standard InChI is InChI=1S/C22H21N3O6S/c1-2-31-21-14-7-6-13-20(21)24(32(29,30)19-11-4-3-5-12-19)16-22(26)23-17-9-8-10-18(15-17)25(27)28/h3-15H,2,16H2,1H3,(H,23,26). The molecular weight excluding hydrogens is 434 g/mol. The van der Waals surface area contributed by atoms with Crippen molar-refractivity contribution in [2.45, 2.75) is 11.8 Å². The van der Waals surface area contributed by atoms with E-state index in [0.29, 0.717) is 12.4 Å². The number of non-ortho nitro benzene ring substituents is 1. The number of nitro groups is 1. The van der Waals surface area contributed by atoms with Crippen LogP contribution in [0.5, 0.6) is 5.75 Å². The van der Waals surface area contributed by atoms with Crippen molar-refractivity contribution in [3.63, 3.8) is 0 Å². The summed E-state index contributed by atoms with van der Waals surface area (Å²) in [7, 11) is -4.12. The summed E-state index contributed by atoms with van der Waals surface area (Å²) in [6.45, 7) is 1.50. The third-order valence-electron chi connectivity index (χ3n) is 4.39. The summed E-state index contributed by atoms with van der Waals surface area (Å²) >= 11 is 0. The molecule has 166 valence electrons. The predicted octanol–water partition coefficient (Wildman–Crippen LogP) is 3.83. The van der Waals surface area contributed by atoms with Crippen LogP contribution in [0.3, 0.4) is 0 Å². The summed E-state index contributed by atoms with van der Waals surface area (Å²) < 4.78 is 33.4. The number of sulfonamides is 1.